The zero-order valence-electron chi connectivity index (χ0n) is 27.7. The van der Waals surface area contributed by atoms with Gasteiger partial charge in [-0.15, -0.1) is 0 Å². The molecule has 3 fully saturated rings. The number of nitrogens with one attached hydrogen (secondary N) is 2. The van der Waals surface area contributed by atoms with Crippen LogP contribution < -0.4 is 10.6 Å². The first-order valence-electron chi connectivity index (χ1n) is 16.7. The summed E-state index contributed by atoms with van der Waals surface area (Å²) in [4.78, 5) is 81.3. The number of rotatable bonds is 14. The number of carboxylic acid groups (broad SMARTS) is 3. The Balaban J connectivity index is 1.51. The lowest BCUT2D eigenvalue weighted by Gasteiger charge is -2.53. The monoisotopic (exact) mass is 667 g/mol. The molecule has 3 aliphatic rings. The Morgan fingerprint density at radius 2 is 1.09 bits per heavy atom. The fourth-order valence-electron chi connectivity index (χ4n) is 6.60. The molecule has 1 aliphatic carbocycles. The average Bonchev–Trinajstić information content (AvgIpc) is 2.99. The van der Waals surface area contributed by atoms with Crippen molar-refractivity contribution in [1.82, 2.24) is 35.1 Å². The lowest BCUT2D eigenvalue weighted by Crippen LogP contribution is -2.61. The molecule has 2 aliphatic heterocycles. The van der Waals surface area contributed by atoms with Crippen molar-refractivity contribution < 1.29 is 44.1 Å². The number of carbonyl (C=O) groups excluding carboxylic acids is 3. The van der Waals surface area contributed by atoms with Crippen LogP contribution in [-0.4, -0.2) is 180 Å². The molecule has 0 aromatic carbocycles. The van der Waals surface area contributed by atoms with Gasteiger partial charge in [-0.05, 0) is 32.1 Å². The first kappa shape index (κ1) is 38.1. The highest BCUT2D eigenvalue weighted by Crippen LogP contribution is 2.45. The van der Waals surface area contributed by atoms with Crippen LogP contribution in [0, 0.1) is 11.3 Å². The lowest BCUT2D eigenvalue weighted by atomic mass is 9.65. The SMILES string of the molecule is CCCCNC(=O)CNC(=O)C1CCC2(CC1)CN(C(=O)CN1CCN(CC(=O)O)CCN(CC(=O)O)CCN(CC(=O)O)CC1)C2. The smallest absolute Gasteiger partial charge is 0.317 e. The molecule has 16 nitrogen and oxygen atoms in total. The predicted molar refractivity (Wildman–Crippen MR) is 171 cm³/mol. The molecule has 2 saturated heterocycles. The summed E-state index contributed by atoms with van der Waals surface area (Å²) in [5, 5.41) is 33.7. The summed E-state index contributed by atoms with van der Waals surface area (Å²) in [6, 6.07) is 0. The van der Waals surface area contributed by atoms with Gasteiger partial charge in [0.25, 0.3) is 0 Å². The maximum absolute atomic E-state index is 13.4. The molecule has 47 heavy (non-hydrogen) atoms. The lowest BCUT2D eigenvalue weighted by molar-refractivity contribution is -0.149. The van der Waals surface area contributed by atoms with E-state index in [2.05, 4.69) is 10.6 Å². The minimum atomic E-state index is -1.01. The highest BCUT2D eigenvalue weighted by molar-refractivity contribution is 5.86. The molecule has 0 atom stereocenters. The molecule has 5 N–H and O–H groups in total. The number of hydrogen-bond donors (Lipinski definition) is 5. The van der Waals surface area contributed by atoms with Crippen LogP contribution in [0.1, 0.15) is 45.4 Å². The van der Waals surface area contributed by atoms with E-state index in [0.717, 1.165) is 25.7 Å². The fraction of sp³-hybridized carbons (Fsp3) is 0.806. The van der Waals surface area contributed by atoms with Crippen molar-refractivity contribution >= 4 is 35.6 Å². The highest BCUT2D eigenvalue weighted by atomic mass is 16.4. The molecule has 16 heteroatoms. The average molecular weight is 668 g/mol. The summed E-state index contributed by atoms with van der Waals surface area (Å²) >= 11 is 0. The molecule has 0 radical (unpaired) electrons. The van der Waals surface area contributed by atoms with E-state index in [4.69, 9.17) is 0 Å². The van der Waals surface area contributed by atoms with Gasteiger partial charge in [0.2, 0.25) is 17.7 Å². The summed E-state index contributed by atoms with van der Waals surface area (Å²) < 4.78 is 0. The van der Waals surface area contributed by atoms with E-state index < -0.39 is 17.9 Å². The second-order valence-electron chi connectivity index (χ2n) is 13.2. The van der Waals surface area contributed by atoms with Gasteiger partial charge in [-0.1, -0.05) is 13.3 Å². The third-order valence-electron chi connectivity index (χ3n) is 9.46. The van der Waals surface area contributed by atoms with E-state index >= 15 is 0 Å². The Morgan fingerprint density at radius 1 is 0.660 bits per heavy atom. The van der Waals surface area contributed by atoms with Gasteiger partial charge in [-0.3, -0.25) is 48.4 Å². The van der Waals surface area contributed by atoms with Gasteiger partial charge in [0, 0.05) is 83.3 Å². The maximum Gasteiger partial charge on any atom is 0.317 e. The van der Waals surface area contributed by atoms with Crippen molar-refractivity contribution in [3.63, 3.8) is 0 Å². The highest BCUT2D eigenvalue weighted by Gasteiger charge is 2.47. The molecule has 1 saturated carbocycles. The maximum atomic E-state index is 13.4. The number of likely N-dealkylation sites (tertiary alicyclic amines) is 1. The van der Waals surface area contributed by atoms with Crippen LogP contribution in [0.15, 0.2) is 0 Å². The fourth-order valence-corrected chi connectivity index (χ4v) is 6.60. The van der Waals surface area contributed by atoms with Crippen LogP contribution in [0.4, 0.5) is 0 Å². The Bertz CT molecular complexity index is 1060. The summed E-state index contributed by atoms with van der Waals surface area (Å²) in [5.74, 6) is -3.48. The number of unbranched alkanes of at least 4 members (excludes halogenated alkanes) is 1. The molecule has 266 valence electrons. The van der Waals surface area contributed by atoms with E-state index in [-0.39, 0.29) is 61.8 Å². The molecule has 3 amide bonds. The van der Waals surface area contributed by atoms with Crippen molar-refractivity contribution in [2.45, 2.75) is 45.4 Å². The second-order valence-corrected chi connectivity index (χ2v) is 13.2. The van der Waals surface area contributed by atoms with Crippen molar-refractivity contribution in [3.8, 4) is 0 Å². The van der Waals surface area contributed by atoms with Gasteiger partial charge < -0.3 is 30.9 Å². The van der Waals surface area contributed by atoms with E-state index in [1.54, 1.807) is 14.7 Å². The first-order chi connectivity index (χ1) is 22.4. The van der Waals surface area contributed by atoms with Gasteiger partial charge in [0.15, 0.2) is 0 Å². The Kier molecular flexibility index (Phi) is 15.3. The van der Waals surface area contributed by atoms with Crippen LogP contribution >= 0.6 is 0 Å². The van der Waals surface area contributed by atoms with Gasteiger partial charge in [0.05, 0.1) is 32.7 Å². The first-order valence-corrected chi connectivity index (χ1v) is 16.7. The van der Waals surface area contributed by atoms with Crippen LogP contribution in [0.3, 0.4) is 0 Å². The van der Waals surface area contributed by atoms with Gasteiger partial charge in [0.1, 0.15) is 0 Å². The Hall–Kier alpha value is -3.34. The third kappa shape index (κ3) is 13.4. The summed E-state index contributed by atoms with van der Waals surface area (Å²) in [6.07, 6.45) is 4.95. The van der Waals surface area contributed by atoms with E-state index in [0.29, 0.717) is 84.8 Å². The molecule has 0 unspecified atom stereocenters. The van der Waals surface area contributed by atoms with E-state index in [1.807, 2.05) is 16.7 Å². The topological polar surface area (TPSA) is 203 Å². The van der Waals surface area contributed by atoms with Crippen LogP contribution in [-0.2, 0) is 28.8 Å². The number of carboxylic acids is 3. The Morgan fingerprint density at radius 3 is 1.49 bits per heavy atom. The molecular formula is C31H53N7O9. The predicted octanol–water partition coefficient (Wildman–Crippen LogP) is -1.49. The molecule has 0 aromatic rings. The molecule has 1 spiro atoms. The zero-order valence-corrected chi connectivity index (χ0v) is 27.7. The van der Waals surface area contributed by atoms with Crippen LogP contribution in [0.25, 0.3) is 0 Å². The van der Waals surface area contributed by atoms with Gasteiger partial charge >= 0.3 is 17.9 Å². The molecule has 2 heterocycles. The summed E-state index contributed by atoms with van der Waals surface area (Å²) in [6.45, 7) is 6.07. The van der Waals surface area contributed by atoms with Crippen molar-refractivity contribution in [2.75, 3.05) is 105 Å². The van der Waals surface area contributed by atoms with Crippen LogP contribution in [0.5, 0.6) is 0 Å². The molecular weight excluding hydrogens is 614 g/mol. The third-order valence-corrected chi connectivity index (χ3v) is 9.46. The standard InChI is InChI=1S/C31H53N7O9/c1-2-3-8-32-25(39)17-33-30(47)24-4-6-31(7-5-24)22-38(23-31)26(40)18-34-9-11-35(19-27(41)42)13-15-37(21-29(45)46)16-14-36(12-10-34)20-28(43)44/h24H,2-23H2,1H3,(H,32,39)(H,33,47)(H,41,42)(H,43,44)(H,45,46). The Labute approximate surface area is 276 Å². The summed E-state index contributed by atoms with van der Waals surface area (Å²) in [7, 11) is 0. The largest absolute Gasteiger partial charge is 0.480 e. The number of amides is 3. The van der Waals surface area contributed by atoms with E-state index in [9.17, 15) is 44.1 Å². The van der Waals surface area contributed by atoms with Crippen molar-refractivity contribution in [3.05, 3.63) is 0 Å². The van der Waals surface area contributed by atoms with Crippen molar-refractivity contribution in [1.29, 1.82) is 0 Å². The molecule has 3 rings (SSSR count). The molecule has 0 aromatic heterocycles. The number of aliphatic carboxylic acids is 3. The minimum Gasteiger partial charge on any atom is -0.480 e. The normalized spacial score (nSPS) is 20.8. The summed E-state index contributed by atoms with van der Waals surface area (Å²) in [5.41, 5.74) is -0.00972. The number of hydrogen-bond acceptors (Lipinski definition) is 10. The van der Waals surface area contributed by atoms with Gasteiger partial charge in [-0.25, -0.2) is 0 Å². The molecule has 0 bridgehead atoms. The zero-order chi connectivity index (χ0) is 34.4. The van der Waals surface area contributed by atoms with Crippen LogP contribution in [0.2, 0.25) is 0 Å². The van der Waals surface area contributed by atoms with Crippen molar-refractivity contribution in [2.24, 2.45) is 11.3 Å². The number of nitrogens with zero attached hydrogens (tertiary/aromatic N) is 5. The van der Waals surface area contributed by atoms with E-state index in [1.165, 1.54) is 0 Å². The second kappa shape index (κ2) is 18.9. The van der Waals surface area contributed by atoms with Gasteiger partial charge in [-0.2, -0.15) is 0 Å². The quantitative estimate of drug-likeness (QED) is 0.134. The number of carbonyl (C=O) groups is 6. The minimum absolute atomic E-state index is 0.00972.